The van der Waals surface area contributed by atoms with Gasteiger partial charge in [-0.15, -0.1) is 5.10 Å². The summed E-state index contributed by atoms with van der Waals surface area (Å²) in [6.07, 6.45) is -2.59. The summed E-state index contributed by atoms with van der Waals surface area (Å²) in [5, 5.41) is 26.5. The van der Waals surface area contributed by atoms with Crippen molar-refractivity contribution in [3.05, 3.63) is 81.0 Å². The van der Waals surface area contributed by atoms with Gasteiger partial charge < -0.3 is 10.6 Å². The number of hydrogen-bond acceptors (Lipinski definition) is 7. The van der Waals surface area contributed by atoms with Crippen LogP contribution >= 0.6 is 15.9 Å². The molecular formula is C26H23BrF3N9O2. The van der Waals surface area contributed by atoms with E-state index in [0.29, 0.717) is 16.2 Å². The van der Waals surface area contributed by atoms with Crippen molar-refractivity contribution in [2.75, 3.05) is 5.32 Å². The summed E-state index contributed by atoms with van der Waals surface area (Å²) in [7, 11) is 0. The fraction of sp³-hybridized carbons (Fsp3) is 0.269. The molecule has 4 rings (SSSR count). The normalized spacial score (nSPS) is 11.7. The summed E-state index contributed by atoms with van der Waals surface area (Å²) in [5.74, 6) is -0.959. The van der Waals surface area contributed by atoms with Crippen molar-refractivity contribution >= 4 is 33.4 Å². The van der Waals surface area contributed by atoms with E-state index >= 15 is 0 Å². The Morgan fingerprint density at radius 3 is 2.46 bits per heavy atom. The Morgan fingerprint density at radius 1 is 1.12 bits per heavy atom. The highest BCUT2D eigenvalue weighted by molar-refractivity contribution is 9.10. The van der Waals surface area contributed by atoms with Gasteiger partial charge in [-0.05, 0) is 79.5 Å². The smallest absolute Gasteiger partial charge is 0.347 e. The van der Waals surface area contributed by atoms with Gasteiger partial charge in [-0.3, -0.25) is 9.59 Å². The van der Waals surface area contributed by atoms with Crippen molar-refractivity contribution in [3.63, 3.8) is 0 Å². The van der Waals surface area contributed by atoms with Crippen LogP contribution in [-0.4, -0.2) is 47.1 Å². The summed E-state index contributed by atoms with van der Waals surface area (Å²) in [6, 6.07) is 9.61. The molecule has 41 heavy (non-hydrogen) atoms. The monoisotopic (exact) mass is 629 g/mol. The van der Waals surface area contributed by atoms with Crippen LogP contribution < -0.4 is 10.6 Å². The highest BCUT2D eigenvalue weighted by Gasteiger charge is 2.34. The molecule has 3 aromatic heterocycles. The quantitative estimate of drug-likeness (QED) is 0.316. The molecule has 11 nitrogen and oxygen atoms in total. The Bertz CT molecular complexity index is 1680. The summed E-state index contributed by atoms with van der Waals surface area (Å²) < 4.78 is 40.7. The number of nitriles is 1. The van der Waals surface area contributed by atoms with Crippen LogP contribution in [0.3, 0.4) is 0 Å². The van der Waals surface area contributed by atoms with E-state index in [-0.39, 0.29) is 40.6 Å². The predicted octanol–water partition coefficient (Wildman–Crippen LogP) is 4.65. The molecule has 2 N–H and O–H groups in total. The fourth-order valence-corrected chi connectivity index (χ4v) is 4.22. The van der Waals surface area contributed by atoms with Crippen LogP contribution in [0.4, 0.5) is 18.9 Å². The predicted molar refractivity (Wildman–Crippen MR) is 144 cm³/mol. The number of amides is 2. The zero-order valence-electron chi connectivity index (χ0n) is 22.2. The third-order valence-corrected chi connectivity index (χ3v) is 6.12. The first-order valence-electron chi connectivity index (χ1n) is 12.0. The van der Waals surface area contributed by atoms with Gasteiger partial charge in [0.05, 0.1) is 39.2 Å². The number of nitrogens with one attached hydrogen (secondary N) is 2. The van der Waals surface area contributed by atoms with E-state index in [0.717, 1.165) is 4.80 Å². The van der Waals surface area contributed by atoms with E-state index in [1.165, 1.54) is 29.1 Å². The number of aryl methyl sites for hydroxylation is 1. The van der Waals surface area contributed by atoms with Crippen molar-refractivity contribution in [1.29, 1.82) is 5.26 Å². The lowest BCUT2D eigenvalue weighted by molar-refractivity contribution is -0.141. The molecule has 0 radical (unpaired) electrons. The molecule has 0 aliphatic heterocycles. The van der Waals surface area contributed by atoms with E-state index < -0.39 is 29.2 Å². The van der Waals surface area contributed by atoms with Crippen LogP contribution in [0.2, 0.25) is 0 Å². The number of pyridine rings is 1. The molecule has 0 fully saturated rings. The fourth-order valence-electron chi connectivity index (χ4n) is 3.79. The van der Waals surface area contributed by atoms with Gasteiger partial charge in [0.25, 0.3) is 11.8 Å². The van der Waals surface area contributed by atoms with Gasteiger partial charge in [0.2, 0.25) is 0 Å². The van der Waals surface area contributed by atoms with Gasteiger partial charge in [-0.1, -0.05) is 0 Å². The van der Waals surface area contributed by atoms with Crippen molar-refractivity contribution in [3.8, 4) is 11.9 Å². The molecule has 0 saturated heterocycles. The number of aromatic nitrogens is 6. The summed E-state index contributed by atoms with van der Waals surface area (Å²) in [4.78, 5) is 31.9. The molecule has 0 bridgehead atoms. The first kappa shape index (κ1) is 29.4. The maximum absolute atomic E-state index is 13.7. The zero-order chi connectivity index (χ0) is 30.1. The van der Waals surface area contributed by atoms with Crippen LogP contribution in [0.25, 0.3) is 5.82 Å². The molecule has 212 valence electrons. The number of hydrogen-bond donors (Lipinski definition) is 2. The number of halogens is 4. The number of nitrogens with zero attached hydrogens (tertiary/aromatic N) is 7. The largest absolute Gasteiger partial charge is 0.436 e. The van der Waals surface area contributed by atoms with Gasteiger partial charge in [0, 0.05) is 11.7 Å². The molecule has 0 unspecified atom stereocenters. The third-order valence-electron chi connectivity index (χ3n) is 5.50. The second-order valence-electron chi connectivity index (χ2n) is 9.99. The Morgan fingerprint density at radius 2 is 1.85 bits per heavy atom. The number of anilines is 1. The lowest BCUT2D eigenvalue weighted by atomic mass is 10.0. The number of benzene rings is 1. The van der Waals surface area contributed by atoms with Crippen LogP contribution in [0.1, 0.15) is 64.1 Å². The first-order valence-corrected chi connectivity index (χ1v) is 12.8. The molecular weight excluding hydrogens is 607 g/mol. The number of alkyl halides is 3. The lowest BCUT2D eigenvalue weighted by Crippen LogP contribution is -2.41. The highest BCUT2D eigenvalue weighted by atomic mass is 79.9. The molecule has 1 aromatic carbocycles. The summed E-state index contributed by atoms with van der Waals surface area (Å²) >= 11 is 3.38. The van der Waals surface area contributed by atoms with Gasteiger partial charge >= 0.3 is 6.18 Å². The van der Waals surface area contributed by atoms with Crippen LogP contribution in [0.15, 0.2) is 47.2 Å². The minimum Gasteiger partial charge on any atom is -0.347 e. The third kappa shape index (κ3) is 6.77. The van der Waals surface area contributed by atoms with Crippen LogP contribution in [0, 0.1) is 18.3 Å². The molecule has 0 aliphatic rings. The lowest BCUT2D eigenvalue weighted by Gasteiger charge is -2.22. The molecule has 0 aliphatic carbocycles. The SMILES string of the molecule is Cc1cc(C#N)cc(C(=O)NC(C)(C)C)c1NC(=O)c1cc(Cn2ncc(C(F)(F)F)n2)nn1-c1ncccc1Br. The Kier molecular flexibility index (Phi) is 7.98. The Balaban J connectivity index is 1.76. The topological polar surface area (TPSA) is 143 Å². The Labute approximate surface area is 240 Å². The molecule has 0 spiro atoms. The second kappa shape index (κ2) is 11.1. The van der Waals surface area contributed by atoms with Crippen molar-refractivity contribution in [2.24, 2.45) is 0 Å². The number of rotatable bonds is 6. The average molecular weight is 630 g/mol. The molecule has 3 heterocycles. The van der Waals surface area contributed by atoms with E-state index in [1.54, 1.807) is 39.8 Å². The molecule has 0 atom stereocenters. The van der Waals surface area contributed by atoms with Crippen molar-refractivity contribution in [2.45, 2.75) is 46.0 Å². The highest BCUT2D eigenvalue weighted by Crippen LogP contribution is 2.28. The summed E-state index contributed by atoms with van der Waals surface area (Å²) in [5.41, 5.74) is -0.687. The average Bonchev–Trinajstić information content (AvgIpc) is 3.52. The minimum atomic E-state index is -4.67. The maximum atomic E-state index is 13.7. The number of carbonyl (C=O) groups excluding carboxylic acids is 2. The zero-order valence-corrected chi connectivity index (χ0v) is 23.8. The Hall–Kier alpha value is -4.58. The first-order chi connectivity index (χ1) is 19.2. The number of carbonyl (C=O) groups is 2. The van der Waals surface area contributed by atoms with E-state index in [1.807, 2.05) is 6.07 Å². The van der Waals surface area contributed by atoms with E-state index in [9.17, 15) is 28.0 Å². The molecule has 4 aromatic rings. The molecule has 15 heteroatoms. The van der Waals surface area contributed by atoms with Crippen molar-refractivity contribution in [1.82, 2.24) is 35.1 Å². The van der Waals surface area contributed by atoms with Crippen LogP contribution in [-0.2, 0) is 12.7 Å². The minimum absolute atomic E-state index is 0.0338. The second-order valence-corrected chi connectivity index (χ2v) is 10.8. The van der Waals surface area contributed by atoms with E-state index in [4.69, 9.17) is 0 Å². The van der Waals surface area contributed by atoms with E-state index in [2.05, 4.69) is 46.8 Å². The van der Waals surface area contributed by atoms with Gasteiger partial charge in [0.1, 0.15) is 12.2 Å². The van der Waals surface area contributed by atoms with Crippen LogP contribution in [0.5, 0.6) is 0 Å². The molecule has 2 amide bonds. The molecule has 0 saturated carbocycles. The van der Waals surface area contributed by atoms with Crippen molar-refractivity contribution < 1.29 is 22.8 Å². The van der Waals surface area contributed by atoms with Gasteiger partial charge in [0.15, 0.2) is 11.5 Å². The standard InChI is InChI=1S/C26H23BrF3N9O2/c1-14-8-15(11-31)9-17(23(40)35-25(2,3)4)21(14)34-24(41)19-10-16(13-38-33-12-20(37-38)26(28,29)30)36-39(19)22-18(27)6-5-7-32-22/h5-10,12H,13H2,1-4H3,(H,34,41)(H,35,40). The maximum Gasteiger partial charge on any atom is 0.436 e. The van der Waals surface area contributed by atoms with Gasteiger partial charge in [-0.25, -0.2) is 9.67 Å². The van der Waals surface area contributed by atoms with Gasteiger partial charge in [-0.2, -0.15) is 33.4 Å². The summed E-state index contributed by atoms with van der Waals surface area (Å²) in [6.45, 7) is 6.75.